The molecule has 0 atom stereocenters. The van der Waals surface area contributed by atoms with Crippen LogP contribution in [-0.2, 0) is 9.59 Å². The fraction of sp³-hybridized carbons (Fsp3) is 0.333. The molecule has 2 amide bonds. The second-order valence-electron chi connectivity index (χ2n) is 6.79. The van der Waals surface area contributed by atoms with Crippen LogP contribution in [0.4, 0.5) is 5.82 Å². The normalized spacial score (nSPS) is 15.1. The highest BCUT2D eigenvalue weighted by Crippen LogP contribution is 2.33. The average molecular weight is 446 g/mol. The van der Waals surface area contributed by atoms with Crippen LogP contribution in [0.3, 0.4) is 0 Å². The molecule has 158 valence electrons. The molecular formula is C21H23N3O4S2. The molecule has 1 saturated heterocycles. The molecular weight excluding hydrogens is 422 g/mol. The summed E-state index contributed by atoms with van der Waals surface area (Å²) in [5.41, 5.74) is 0.921. The van der Waals surface area contributed by atoms with Gasteiger partial charge in [-0.2, -0.15) is 0 Å². The molecule has 1 aliphatic heterocycles. The zero-order valence-corrected chi connectivity index (χ0v) is 18.5. The zero-order chi connectivity index (χ0) is 21.5. The first kappa shape index (κ1) is 22.0. The first-order chi connectivity index (χ1) is 14.5. The number of ether oxygens (including phenoxy) is 1. The van der Waals surface area contributed by atoms with Gasteiger partial charge in [0.2, 0.25) is 5.91 Å². The number of aryl methyl sites for hydroxylation is 1. The van der Waals surface area contributed by atoms with Crippen molar-refractivity contribution >= 4 is 52.0 Å². The lowest BCUT2D eigenvalue weighted by Crippen LogP contribution is -2.29. The summed E-state index contributed by atoms with van der Waals surface area (Å²) in [5, 5.41) is 6.43. The van der Waals surface area contributed by atoms with E-state index in [1.54, 1.807) is 25.0 Å². The first-order valence-electron chi connectivity index (χ1n) is 9.59. The van der Waals surface area contributed by atoms with Crippen molar-refractivity contribution < 1.29 is 18.8 Å². The van der Waals surface area contributed by atoms with Crippen LogP contribution < -0.4 is 10.1 Å². The molecule has 2 aromatic rings. The monoisotopic (exact) mass is 445 g/mol. The number of hydrogen-bond acceptors (Lipinski definition) is 7. The van der Waals surface area contributed by atoms with Gasteiger partial charge in [-0.25, -0.2) is 0 Å². The third-order valence-corrected chi connectivity index (χ3v) is 5.85. The SMILES string of the molecule is COc1ccc(C=C2SC(=S)N(CCCCCC(=O)Nc3cc(C)on3)C2=O)cc1. The van der Waals surface area contributed by atoms with E-state index >= 15 is 0 Å². The van der Waals surface area contributed by atoms with Gasteiger partial charge < -0.3 is 14.6 Å². The zero-order valence-electron chi connectivity index (χ0n) is 16.8. The van der Waals surface area contributed by atoms with Gasteiger partial charge in [0.1, 0.15) is 15.8 Å². The number of nitrogens with one attached hydrogen (secondary N) is 1. The minimum atomic E-state index is -0.101. The number of hydrogen-bond donors (Lipinski definition) is 1. The Balaban J connectivity index is 1.42. The number of thioether (sulfide) groups is 1. The average Bonchev–Trinajstić information content (AvgIpc) is 3.25. The van der Waals surface area contributed by atoms with Crippen LogP contribution >= 0.6 is 24.0 Å². The quantitative estimate of drug-likeness (QED) is 0.348. The third-order valence-electron chi connectivity index (χ3n) is 4.47. The van der Waals surface area contributed by atoms with Gasteiger partial charge >= 0.3 is 0 Å². The van der Waals surface area contributed by atoms with Gasteiger partial charge in [0.05, 0.1) is 12.0 Å². The summed E-state index contributed by atoms with van der Waals surface area (Å²) < 4.78 is 10.6. The van der Waals surface area contributed by atoms with E-state index in [1.165, 1.54) is 11.8 Å². The lowest BCUT2D eigenvalue weighted by atomic mass is 10.1. The van der Waals surface area contributed by atoms with Crippen LogP contribution in [0.5, 0.6) is 5.75 Å². The second-order valence-corrected chi connectivity index (χ2v) is 8.46. The summed E-state index contributed by atoms with van der Waals surface area (Å²) >= 11 is 6.69. The Morgan fingerprint density at radius 1 is 1.30 bits per heavy atom. The predicted molar refractivity (Wildman–Crippen MR) is 121 cm³/mol. The van der Waals surface area contributed by atoms with E-state index in [9.17, 15) is 9.59 Å². The molecule has 1 aromatic heterocycles. The number of methoxy groups -OCH3 is 1. The maximum Gasteiger partial charge on any atom is 0.266 e. The molecule has 1 aromatic carbocycles. The van der Waals surface area contributed by atoms with Gasteiger partial charge in [0.15, 0.2) is 5.82 Å². The number of aromatic nitrogens is 1. The molecule has 1 N–H and O–H groups in total. The van der Waals surface area contributed by atoms with Crippen molar-refractivity contribution in [3.8, 4) is 5.75 Å². The van der Waals surface area contributed by atoms with Crippen LogP contribution in [0.15, 0.2) is 39.8 Å². The third kappa shape index (κ3) is 5.93. The Hall–Kier alpha value is -2.65. The number of carbonyl (C=O) groups is 2. The summed E-state index contributed by atoms with van der Waals surface area (Å²) in [5.74, 6) is 1.68. The molecule has 9 heteroatoms. The number of amides is 2. The van der Waals surface area contributed by atoms with Gasteiger partial charge in [-0.3, -0.25) is 14.5 Å². The van der Waals surface area contributed by atoms with Crippen LogP contribution in [-0.4, -0.2) is 39.8 Å². The van der Waals surface area contributed by atoms with Gasteiger partial charge in [-0.15, -0.1) is 0 Å². The highest BCUT2D eigenvalue weighted by molar-refractivity contribution is 8.26. The number of anilines is 1. The number of nitrogens with zero attached hydrogens (tertiary/aromatic N) is 2. The van der Waals surface area contributed by atoms with Crippen molar-refractivity contribution in [1.82, 2.24) is 10.1 Å². The highest BCUT2D eigenvalue weighted by atomic mass is 32.2. The predicted octanol–water partition coefficient (Wildman–Crippen LogP) is 4.39. The molecule has 0 radical (unpaired) electrons. The molecule has 0 bridgehead atoms. The van der Waals surface area contributed by atoms with Crippen LogP contribution in [0, 0.1) is 6.92 Å². The van der Waals surface area contributed by atoms with Gasteiger partial charge in [0, 0.05) is 19.0 Å². The minimum absolute atomic E-state index is 0.0695. The van der Waals surface area contributed by atoms with Crippen LogP contribution in [0.25, 0.3) is 6.08 Å². The summed E-state index contributed by atoms with van der Waals surface area (Å²) in [4.78, 5) is 26.8. The number of thiocarbonyl (C=S) groups is 1. The Labute approximate surface area is 184 Å². The number of unbranched alkanes of at least 4 members (excludes halogenated alkanes) is 2. The standard InChI is InChI=1S/C21H23N3O4S2/c1-14-12-18(23-28-14)22-19(25)6-4-3-5-11-24-20(26)17(30-21(24)29)13-15-7-9-16(27-2)10-8-15/h7-10,12-13H,3-6,11H2,1-2H3,(H,22,23,25). The Bertz CT molecular complexity index is 953. The topological polar surface area (TPSA) is 84.7 Å². The Morgan fingerprint density at radius 2 is 2.07 bits per heavy atom. The van der Waals surface area contributed by atoms with Gasteiger partial charge in [-0.1, -0.05) is 47.7 Å². The molecule has 0 aliphatic carbocycles. The summed E-state index contributed by atoms with van der Waals surface area (Å²) in [6.45, 7) is 2.32. The summed E-state index contributed by atoms with van der Waals surface area (Å²) in [7, 11) is 1.62. The minimum Gasteiger partial charge on any atom is -0.497 e. The van der Waals surface area contributed by atoms with E-state index in [4.69, 9.17) is 21.5 Å². The number of carbonyl (C=O) groups excluding carboxylic acids is 2. The molecule has 30 heavy (non-hydrogen) atoms. The van der Waals surface area contributed by atoms with Gasteiger partial charge in [0.25, 0.3) is 5.91 Å². The van der Waals surface area contributed by atoms with E-state index in [0.717, 1.165) is 30.6 Å². The van der Waals surface area contributed by atoms with Gasteiger partial charge in [-0.05, 0) is 43.5 Å². The maximum atomic E-state index is 12.7. The van der Waals surface area contributed by atoms with Crippen molar-refractivity contribution in [1.29, 1.82) is 0 Å². The molecule has 1 aliphatic rings. The Morgan fingerprint density at radius 3 is 2.73 bits per heavy atom. The maximum absolute atomic E-state index is 12.7. The molecule has 2 heterocycles. The van der Waals surface area contributed by atoms with Crippen molar-refractivity contribution in [2.45, 2.75) is 32.6 Å². The summed E-state index contributed by atoms with van der Waals surface area (Å²) in [6, 6.07) is 9.18. The smallest absolute Gasteiger partial charge is 0.266 e. The van der Waals surface area contributed by atoms with Crippen molar-refractivity contribution in [3.05, 3.63) is 46.6 Å². The van der Waals surface area contributed by atoms with E-state index in [2.05, 4.69) is 10.5 Å². The van der Waals surface area contributed by atoms with Crippen molar-refractivity contribution in [2.24, 2.45) is 0 Å². The largest absolute Gasteiger partial charge is 0.497 e. The van der Waals surface area contributed by atoms with Crippen molar-refractivity contribution in [2.75, 3.05) is 19.0 Å². The lowest BCUT2D eigenvalue weighted by Gasteiger charge is -2.14. The fourth-order valence-corrected chi connectivity index (χ4v) is 4.22. The molecule has 0 spiro atoms. The van der Waals surface area contributed by atoms with E-state index < -0.39 is 0 Å². The number of rotatable bonds is 9. The number of benzene rings is 1. The van der Waals surface area contributed by atoms with E-state index in [1.807, 2.05) is 30.3 Å². The summed E-state index contributed by atoms with van der Waals surface area (Å²) in [6.07, 6.45) is 4.55. The van der Waals surface area contributed by atoms with E-state index in [-0.39, 0.29) is 11.8 Å². The Kier molecular flexibility index (Phi) is 7.64. The molecule has 1 fully saturated rings. The molecule has 0 unspecified atom stereocenters. The van der Waals surface area contributed by atoms with Crippen molar-refractivity contribution in [3.63, 3.8) is 0 Å². The lowest BCUT2D eigenvalue weighted by molar-refractivity contribution is -0.122. The van der Waals surface area contributed by atoms with E-state index in [0.29, 0.717) is 33.8 Å². The second kappa shape index (κ2) is 10.4. The fourth-order valence-electron chi connectivity index (χ4n) is 2.91. The van der Waals surface area contributed by atoms with Crippen LogP contribution in [0.1, 0.15) is 37.0 Å². The van der Waals surface area contributed by atoms with Crippen LogP contribution in [0.2, 0.25) is 0 Å². The molecule has 7 nitrogen and oxygen atoms in total. The first-order valence-corrected chi connectivity index (χ1v) is 10.8. The highest BCUT2D eigenvalue weighted by Gasteiger charge is 2.31. The molecule has 0 saturated carbocycles. The molecule has 3 rings (SSSR count).